The van der Waals surface area contributed by atoms with Crippen molar-refractivity contribution in [3.8, 4) is 5.88 Å². The lowest BCUT2D eigenvalue weighted by atomic mass is 10.0. The van der Waals surface area contributed by atoms with Crippen molar-refractivity contribution < 1.29 is 4.74 Å². The maximum Gasteiger partial charge on any atom is 0.226 e. The van der Waals surface area contributed by atoms with Crippen LogP contribution in [-0.4, -0.2) is 67.2 Å². The van der Waals surface area contributed by atoms with E-state index in [0.717, 1.165) is 31.4 Å². The van der Waals surface area contributed by atoms with E-state index in [1.54, 1.807) is 7.11 Å². The third-order valence-electron chi connectivity index (χ3n) is 4.83. The van der Waals surface area contributed by atoms with Crippen molar-refractivity contribution in [1.82, 2.24) is 19.9 Å². The van der Waals surface area contributed by atoms with Crippen LogP contribution in [0, 0.1) is 0 Å². The lowest BCUT2D eigenvalue weighted by Crippen LogP contribution is -2.46. The molecule has 26 heavy (non-hydrogen) atoms. The molecule has 1 saturated heterocycles. The topological polar surface area (TPSA) is 57.6 Å². The molecule has 1 aliphatic rings. The third kappa shape index (κ3) is 4.40. The number of piperidine rings is 1. The number of aromatic nitrogens is 3. The summed E-state index contributed by atoms with van der Waals surface area (Å²) in [6.45, 7) is 3.04. The van der Waals surface area contributed by atoms with Gasteiger partial charge in [-0.05, 0) is 31.0 Å². The largest absolute Gasteiger partial charge is 0.481 e. The maximum absolute atomic E-state index is 5.14. The van der Waals surface area contributed by atoms with E-state index in [9.17, 15) is 0 Å². The normalized spacial score (nSPS) is 17.8. The highest BCUT2D eigenvalue weighted by molar-refractivity contribution is 5.43. The van der Waals surface area contributed by atoms with Gasteiger partial charge in [0.25, 0.3) is 0 Å². The summed E-state index contributed by atoms with van der Waals surface area (Å²) in [5, 5.41) is 0. The Balaban J connectivity index is 1.64. The fourth-order valence-corrected chi connectivity index (χ4v) is 3.31. The molecule has 0 aromatic carbocycles. The second-order valence-electron chi connectivity index (χ2n) is 6.96. The van der Waals surface area contributed by atoms with Crippen LogP contribution in [0.2, 0.25) is 0 Å². The van der Waals surface area contributed by atoms with Gasteiger partial charge in [-0.2, -0.15) is 4.98 Å². The molecule has 1 atom stereocenters. The number of hydrogen-bond acceptors (Lipinski definition) is 7. The van der Waals surface area contributed by atoms with Crippen molar-refractivity contribution in [3.05, 3.63) is 36.2 Å². The molecule has 3 heterocycles. The molecular weight excluding hydrogens is 328 g/mol. The van der Waals surface area contributed by atoms with E-state index in [-0.39, 0.29) is 0 Å². The van der Waals surface area contributed by atoms with Crippen LogP contribution in [0.25, 0.3) is 0 Å². The Bertz CT molecular complexity index is 705. The van der Waals surface area contributed by atoms with Crippen LogP contribution in [0.5, 0.6) is 5.88 Å². The lowest BCUT2D eigenvalue weighted by molar-refractivity contribution is 0.198. The van der Waals surface area contributed by atoms with Crippen molar-refractivity contribution in [2.24, 2.45) is 0 Å². The summed E-state index contributed by atoms with van der Waals surface area (Å²) in [6.07, 6.45) is 6.09. The molecule has 0 aliphatic carbocycles. The SMILES string of the molecule is COc1ccc(CN2CCCC(N(C)c3ccnc(N(C)C)n3)C2)cn1. The molecule has 0 N–H and O–H groups in total. The molecule has 7 heteroatoms. The summed E-state index contributed by atoms with van der Waals surface area (Å²) in [5.74, 6) is 2.37. The first kappa shape index (κ1) is 18.4. The van der Waals surface area contributed by atoms with Crippen molar-refractivity contribution in [1.29, 1.82) is 0 Å². The van der Waals surface area contributed by atoms with E-state index in [2.05, 4.69) is 37.9 Å². The van der Waals surface area contributed by atoms with E-state index >= 15 is 0 Å². The summed E-state index contributed by atoms with van der Waals surface area (Å²) in [6, 6.07) is 6.44. The van der Waals surface area contributed by atoms with E-state index in [4.69, 9.17) is 4.74 Å². The Hall–Kier alpha value is -2.41. The average Bonchev–Trinajstić information content (AvgIpc) is 2.68. The number of likely N-dealkylation sites (N-methyl/N-ethyl adjacent to an activating group) is 1. The summed E-state index contributed by atoms with van der Waals surface area (Å²) in [5.41, 5.74) is 1.21. The molecule has 1 unspecified atom stereocenters. The van der Waals surface area contributed by atoms with Crippen LogP contribution in [0.4, 0.5) is 11.8 Å². The fourth-order valence-electron chi connectivity index (χ4n) is 3.31. The van der Waals surface area contributed by atoms with Gasteiger partial charge in [-0.25, -0.2) is 9.97 Å². The molecule has 1 aliphatic heterocycles. The molecule has 140 valence electrons. The summed E-state index contributed by atoms with van der Waals surface area (Å²) in [4.78, 5) is 20.0. The van der Waals surface area contributed by atoms with Gasteiger partial charge < -0.3 is 14.5 Å². The number of hydrogen-bond donors (Lipinski definition) is 0. The number of rotatable bonds is 6. The van der Waals surface area contributed by atoms with Gasteiger partial charge in [0.05, 0.1) is 7.11 Å². The summed E-state index contributed by atoms with van der Waals surface area (Å²) in [7, 11) is 7.70. The highest BCUT2D eigenvalue weighted by atomic mass is 16.5. The zero-order valence-corrected chi connectivity index (χ0v) is 16.1. The lowest BCUT2D eigenvalue weighted by Gasteiger charge is -2.38. The Kier molecular flexibility index (Phi) is 5.88. The molecule has 3 rings (SSSR count). The minimum atomic E-state index is 0.444. The van der Waals surface area contributed by atoms with E-state index in [1.807, 2.05) is 43.5 Å². The number of nitrogens with zero attached hydrogens (tertiary/aromatic N) is 6. The third-order valence-corrected chi connectivity index (χ3v) is 4.83. The molecule has 0 radical (unpaired) electrons. The van der Waals surface area contributed by atoms with Gasteiger partial charge in [0.1, 0.15) is 5.82 Å². The Morgan fingerprint density at radius 3 is 2.73 bits per heavy atom. The van der Waals surface area contributed by atoms with Gasteiger partial charge in [-0.1, -0.05) is 6.07 Å². The van der Waals surface area contributed by atoms with Crippen LogP contribution in [0.3, 0.4) is 0 Å². The van der Waals surface area contributed by atoms with Gasteiger partial charge in [0.2, 0.25) is 11.8 Å². The molecule has 0 saturated carbocycles. The standard InChI is InChI=1S/C19H28N6O/c1-23(2)19-20-10-9-17(22-19)24(3)16-6-5-11-25(14-16)13-15-7-8-18(26-4)21-12-15/h7-10,12,16H,5-6,11,13-14H2,1-4H3. The Morgan fingerprint density at radius 1 is 1.19 bits per heavy atom. The molecule has 2 aromatic rings. The number of likely N-dealkylation sites (tertiary alicyclic amines) is 1. The fraction of sp³-hybridized carbons (Fsp3) is 0.526. The number of methoxy groups -OCH3 is 1. The number of pyridine rings is 1. The van der Waals surface area contributed by atoms with Crippen LogP contribution in [0.15, 0.2) is 30.6 Å². The predicted octanol–water partition coefficient (Wildman–Crippen LogP) is 2.05. The second kappa shape index (κ2) is 8.31. The first-order valence-corrected chi connectivity index (χ1v) is 9.01. The van der Waals surface area contributed by atoms with E-state index < -0.39 is 0 Å². The molecule has 0 spiro atoms. The van der Waals surface area contributed by atoms with Gasteiger partial charge in [-0.15, -0.1) is 0 Å². The molecule has 0 amide bonds. The van der Waals surface area contributed by atoms with Crippen molar-refractivity contribution in [2.75, 3.05) is 51.1 Å². The van der Waals surface area contributed by atoms with Crippen LogP contribution < -0.4 is 14.5 Å². The Morgan fingerprint density at radius 2 is 2.04 bits per heavy atom. The first-order valence-electron chi connectivity index (χ1n) is 9.01. The highest BCUT2D eigenvalue weighted by Gasteiger charge is 2.24. The number of ether oxygens (including phenoxy) is 1. The number of anilines is 2. The minimum Gasteiger partial charge on any atom is -0.481 e. The van der Waals surface area contributed by atoms with Crippen molar-refractivity contribution in [3.63, 3.8) is 0 Å². The van der Waals surface area contributed by atoms with E-state index in [0.29, 0.717) is 11.9 Å². The minimum absolute atomic E-state index is 0.444. The molecule has 0 bridgehead atoms. The Labute approximate surface area is 155 Å². The predicted molar refractivity (Wildman–Crippen MR) is 104 cm³/mol. The molecule has 2 aromatic heterocycles. The van der Waals surface area contributed by atoms with Crippen LogP contribution in [0.1, 0.15) is 18.4 Å². The zero-order chi connectivity index (χ0) is 18.5. The molecule has 1 fully saturated rings. The van der Waals surface area contributed by atoms with Crippen LogP contribution in [-0.2, 0) is 6.54 Å². The summed E-state index contributed by atoms with van der Waals surface area (Å²) >= 11 is 0. The average molecular weight is 356 g/mol. The van der Waals surface area contributed by atoms with Crippen molar-refractivity contribution in [2.45, 2.75) is 25.4 Å². The monoisotopic (exact) mass is 356 g/mol. The second-order valence-corrected chi connectivity index (χ2v) is 6.96. The quantitative estimate of drug-likeness (QED) is 0.785. The van der Waals surface area contributed by atoms with Gasteiger partial charge in [-0.3, -0.25) is 4.90 Å². The maximum atomic E-state index is 5.14. The molecule has 7 nitrogen and oxygen atoms in total. The van der Waals surface area contributed by atoms with Gasteiger partial charge >= 0.3 is 0 Å². The molecular formula is C19H28N6O. The highest BCUT2D eigenvalue weighted by Crippen LogP contribution is 2.22. The van der Waals surface area contributed by atoms with E-state index in [1.165, 1.54) is 18.4 Å². The van der Waals surface area contributed by atoms with Crippen LogP contribution >= 0.6 is 0 Å². The van der Waals surface area contributed by atoms with Gasteiger partial charge in [0.15, 0.2) is 0 Å². The van der Waals surface area contributed by atoms with Crippen molar-refractivity contribution >= 4 is 11.8 Å². The summed E-state index contributed by atoms with van der Waals surface area (Å²) < 4.78 is 5.14. The van der Waals surface area contributed by atoms with Gasteiger partial charge in [0, 0.05) is 58.7 Å². The first-order chi connectivity index (χ1) is 12.6. The zero-order valence-electron chi connectivity index (χ0n) is 16.1. The smallest absolute Gasteiger partial charge is 0.226 e.